The number of hydrogen-bond acceptors (Lipinski definition) is 0. The maximum absolute atomic E-state index is 6.69. The van der Waals surface area contributed by atoms with E-state index in [0.717, 1.165) is 0 Å². The van der Waals surface area contributed by atoms with Crippen molar-refractivity contribution in [1.29, 1.82) is 0 Å². The van der Waals surface area contributed by atoms with Crippen LogP contribution in [0.2, 0.25) is 0 Å². The Morgan fingerprint density at radius 3 is 2.00 bits per heavy atom. The van der Waals surface area contributed by atoms with E-state index in [-0.39, 0.29) is 0 Å². The molecule has 0 aromatic rings. The number of rotatable bonds is 0. The maximum atomic E-state index is 6.69. The van der Waals surface area contributed by atoms with Crippen molar-refractivity contribution < 1.29 is 1.37 Å². The third-order valence-electron chi connectivity index (χ3n) is 0.289. The van der Waals surface area contributed by atoms with Crippen molar-refractivity contribution in [3.8, 4) is 0 Å². The van der Waals surface area contributed by atoms with E-state index in [0.29, 0.717) is 6.05 Å². The molecule has 0 atom stereocenters. The zero-order chi connectivity index (χ0) is 4.28. The van der Waals surface area contributed by atoms with Gasteiger partial charge in [-0.1, -0.05) is 12.1 Å². The molecular formula is C4H8. The van der Waals surface area contributed by atoms with E-state index in [4.69, 9.17) is 1.37 Å². The normalized spacial score (nSPS) is 15.5. The summed E-state index contributed by atoms with van der Waals surface area (Å²) >= 11 is 0. The van der Waals surface area contributed by atoms with Gasteiger partial charge in [-0.15, -0.1) is 0 Å². The summed E-state index contributed by atoms with van der Waals surface area (Å²) in [7, 11) is 0. The van der Waals surface area contributed by atoms with E-state index in [1.807, 2.05) is 6.92 Å². The fourth-order valence-corrected chi connectivity index (χ4v) is 0. The van der Waals surface area contributed by atoms with Crippen LogP contribution in [0.4, 0.5) is 0 Å². The van der Waals surface area contributed by atoms with Gasteiger partial charge < -0.3 is 0 Å². The van der Waals surface area contributed by atoms with Crippen LogP contribution in [0, 0.1) is 0 Å². The zero-order valence-electron chi connectivity index (χ0n) is 4.08. The highest BCUT2D eigenvalue weighted by Crippen LogP contribution is 1.57. The molecule has 0 saturated heterocycles. The molecule has 0 amide bonds. The molecule has 0 nitrogen and oxygen atoms in total. The van der Waals surface area contributed by atoms with Gasteiger partial charge in [-0.2, -0.15) is 0 Å². The molecule has 4 heavy (non-hydrogen) atoms. The Hall–Kier alpha value is -0.260. The molecule has 24 valence electrons. The van der Waals surface area contributed by atoms with E-state index >= 15 is 0 Å². The third-order valence-corrected chi connectivity index (χ3v) is 0.289. The molecule has 0 rings (SSSR count). The predicted octanol–water partition coefficient (Wildman–Crippen LogP) is 1.58. The minimum Gasteiger partial charge on any atom is -0.0919 e. The molecule has 0 aliphatic heterocycles. The van der Waals surface area contributed by atoms with E-state index < -0.39 is 0 Å². The van der Waals surface area contributed by atoms with Gasteiger partial charge in [0, 0.05) is 0 Å². The van der Waals surface area contributed by atoms with Crippen molar-refractivity contribution in [2.45, 2.75) is 13.8 Å². The quantitative estimate of drug-likeness (QED) is 0.370. The van der Waals surface area contributed by atoms with E-state index in [1.165, 1.54) is 0 Å². The summed E-state index contributed by atoms with van der Waals surface area (Å²) in [6.45, 7) is 3.60. The van der Waals surface area contributed by atoms with E-state index in [9.17, 15) is 0 Å². The van der Waals surface area contributed by atoms with Gasteiger partial charge in [-0.25, -0.2) is 0 Å². The lowest BCUT2D eigenvalue weighted by atomic mass is 10.6. The fraction of sp³-hybridized carbons (Fsp3) is 0.500. The lowest BCUT2D eigenvalue weighted by Gasteiger charge is -1.49. The predicted molar refractivity (Wildman–Crippen MR) is 20.5 cm³/mol. The smallest absolute Gasteiger partial charge is 0.0569 e. The fourth-order valence-electron chi connectivity index (χ4n) is 0. The van der Waals surface area contributed by atoms with Crippen LogP contribution in [0.5, 0.6) is 0 Å². The summed E-state index contributed by atoms with van der Waals surface area (Å²) in [6, 6.07) is 0.630. The molecule has 0 N–H and O–H groups in total. The minimum absolute atomic E-state index is 0.630. The Morgan fingerprint density at radius 2 is 2.00 bits per heavy atom. The van der Waals surface area contributed by atoms with Crippen LogP contribution in [0.25, 0.3) is 0 Å². The molecule has 0 heterocycles. The van der Waals surface area contributed by atoms with Crippen molar-refractivity contribution >= 4 is 0 Å². The highest BCUT2D eigenvalue weighted by Gasteiger charge is 1.34. The lowest BCUT2D eigenvalue weighted by molar-refractivity contribution is 1.64. The van der Waals surface area contributed by atoms with Gasteiger partial charge in [0.2, 0.25) is 0 Å². The Kier molecular flexibility index (Phi) is 1.38. The minimum atomic E-state index is 0.630. The lowest BCUT2D eigenvalue weighted by Crippen LogP contribution is -1.26. The van der Waals surface area contributed by atoms with Crippen LogP contribution < -0.4 is 0 Å². The van der Waals surface area contributed by atoms with Gasteiger partial charge in [0.1, 0.15) is 0 Å². The van der Waals surface area contributed by atoms with Crippen molar-refractivity contribution in [3.05, 3.63) is 12.1 Å². The second-order valence-corrected chi connectivity index (χ2v) is 0.577. The van der Waals surface area contributed by atoms with Gasteiger partial charge in [0.15, 0.2) is 0 Å². The molecule has 0 aromatic heterocycles. The van der Waals surface area contributed by atoms with E-state index in [2.05, 4.69) is 0 Å². The molecule has 0 aliphatic carbocycles. The summed E-state index contributed by atoms with van der Waals surface area (Å²) in [6.07, 6.45) is 1.75. The summed E-state index contributed by atoms with van der Waals surface area (Å²) in [5.74, 6) is 0. The molecule has 0 spiro atoms. The summed E-state index contributed by atoms with van der Waals surface area (Å²) in [5.41, 5.74) is 0. The average molecular weight is 57.1 g/mol. The Labute approximate surface area is 28.5 Å². The van der Waals surface area contributed by atoms with Crippen molar-refractivity contribution in [2.75, 3.05) is 0 Å². The molecule has 0 radical (unpaired) electrons. The second-order valence-electron chi connectivity index (χ2n) is 0.577. The SMILES string of the molecule is [2H]/C(C)=C/C. The first-order valence-corrected chi connectivity index (χ1v) is 1.37. The van der Waals surface area contributed by atoms with Gasteiger partial charge in [0.05, 0.1) is 1.37 Å². The first-order valence-electron chi connectivity index (χ1n) is 1.87. The second kappa shape index (κ2) is 2.74. The van der Waals surface area contributed by atoms with Crippen molar-refractivity contribution in [2.24, 2.45) is 0 Å². The Bertz CT molecular complexity index is 41.6. The molecule has 0 aromatic carbocycles. The van der Waals surface area contributed by atoms with Crippen LogP contribution in [0.3, 0.4) is 0 Å². The Morgan fingerprint density at radius 1 is 1.75 bits per heavy atom. The first-order chi connectivity index (χ1) is 2.27. The standard InChI is InChI=1S/C4H8/c1-3-4-2/h3-4H,1-2H3/b4-3-/i3D. The van der Waals surface area contributed by atoms with Crippen LogP contribution >= 0.6 is 0 Å². The van der Waals surface area contributed by atoms with Gasteiger partial charge in [0.25, 0.3) is 0 Å². The van der Waals surface area contributed by atoms with Crippen molar-refractivity contribution in [3.63, 3.8) is 0 Å². The molecule has 0 bridgehead atoms. The molecule has 0 heteroatoms. The zero-order valence-corrected chi connectivity index (χ0v) is 3.08. The average Bonchev–Trinajstić information content (AvgIpc) is 1.38. The van der Waals surface area contributed by atoms with Gasteiger partial charge in [-0.3, -0.25) is 0 Å². The summed E-state index contributed by atoms with van der Waals surface area (Å²) < 4.78 is 6.69. The highest BCUT2D eigenvalue weighted by molar-refractivity contribution is 4.68. The highest BCUT2D eigenvalue weighted by atomic mass is 13.4. The van der Waals surface area contributed by atoms with Crippen molar-refractivity contribution in [1.82, 2.24) is 0 Å². The molecule has 0 saturated carbocycles. The van der Waals surface area contributed by atoms with Crippen LogP contribution in [0.15, 0.2) is 12.1 Å². The molecule has 0 aliphatic rings. The van der Waals surface area contributed by atoms with Crippen LogP contribution in [-0.4, -0.2) is 0 Å². The third kappa shape index (κ3) is 1.74. The topological polar surface area (TPSA) is 0 Å². The molecule has 0 fully saturated rings. The summed E-state index contributed by atoms with van der Waals surface area (Å²) in [5, 5.41) is 0. The Balaban J connectivity index is 3.14. The first kappa shape index (κ1) is 2.01. The summed E-state index contributed by atoms with van der Waals surface area (Å²) in [4.78, 5) is 0. The molecule has 0 unspecified atom stereocenters. The number of hydrogen-bond donors (Lipinski definition) is 0. The number of allylic oxidation sites excluding steroid dienone is 2. The monoisotopic (exact) mass is 57.1 g/mol. The van der Waals surface area contributed by atoms with Crippen LogP contribution in [-0.2, 0) is 0 Å². The van der Waals surface area contributed by atoms with Gasteiger partial charge >= 0.3 is 0 Å². The largest absolute Gasteiger partial charge is 0.0919 e. The maximum Gasteiger partial charge on any atom is 0.0569 e. The van der Waals surface area contributed by atoms with E-state index in [1.54, 1.807) is 13.0 Å². The van der Waals surface area contributed by atoms with Gasteiger partial charge in [-0.05, 0) is 13.8 Å². The van der Waals surface area contributed by atoms with Crippen LogP contribution in [0.1, 0.15) is 15.2 Å². The molecular weight excluding hydrogens is 48.0 g/mol.